The van der Waals surface area contributed by atoms with Crippen LogP contribution in [0.4, 0.5) is 10.1 Å². The number of hydrogen-bond donors (Lipinski definition) is 0. The minimum absolute atomic E-state index is 0.0383. The van der Waals surface area contributed by atoms with E-state index in [1.165, 1.54) is 12.1 Å². The number of anilines is 1. The van der Waals surface area contributed by atoms with Crippen LogP contribution in [0.5, 0.6) is 0 Å². The van der Waals surface area contributed by atoms with Gasteiger partial charge in [-0.05, 0) is 61.6 Å². The van der Waals surface area contributed by atoms with Gasteiger partial charge in [0.2, 0.25) is 5.91 Å². The number of fused-ring (bicyclic) bond motifs is 3. The Bertz CT molecular complexity index is 1260. The summed E-state index contributed by atoms with van der Waals surface area (Å²) >= 11 is 0. The molecule has 1 aliphatic carbocycles. The Labute approximate surface area is 178 Å². The molecule has 6 nitrogen and oxygen atoms in total. The van der Waals surface area contributed by atoms with Crippen LogP contribution >= 0.6 is 0 Å². The predicted octanol–water partition coefficient (Wildman–Crippen LogP) is 3.98. The Morgan fingerprint density at radius 1 is 1.19 bits per heavy atom. The second kappa shape index (κ2) is 6.63. The number of ether oxygens (including phenoxy) is 1. The van der Waals surface area contributed by atoms with Gasteiger partial charge in [0.1, 0.15) is 11.6 Å². The molecule has 2 aromatic carbocycles. The number of imidazole rings is 1. The van der Waals surface area contributed by atoms with Gasteiger partial charge in [0.05, 0.1) is 40.3 Å². The van der Waals surface area contributed by atoms with Gasteiger partial charge in [-0.15, -0.1) is 0 Å². The van der Waals surface area contributed by atoms with Crippen molar-refractivity contribution in [1.29, 1.82) is 5.26 Å². The molecule has 1 amide bonds. The normalized spacial score (nSPS) is 19.7. The number of nitriles is 1. The Kier molecular flexibility index (Phi) is 3.96. The third kappa shape index (κ3) is 2.71. The van der Waals surface area contributed by atoms with Gasteiger partial charge in [0, 0.05) is 19.3 Å². The van der Waals surface area contributed by atoms with Gasteiger partial charge in [-0.2, -0.15) is 5.26 Å². The summed E-state index contributed by atoms with van der Waals surface area (Å²) in [5.41, 5.74) is 3.36. The average molecular weight is 416 g/mol. The Morgan fingerprint density at radius 2 is 2.00 bits per heavy atom. The van der Waals surface area contributed by atoms with Gasteiger partial charge in [0.25, 0.3) is 0 Å². The summed E-state index contributed by atoms with van der Waals surface area (Å²) in [7, 11) is 0. The highest BCUT2D eigenvalue weighted by atomic mass is 19.1. The van der Waals surface area contributed by atoms with Crippen molar-refractivity contribution >= 4 is 22.6 Å². The molecule has 1 saturated heterocycles. The molecular formula is C24H21FN4O2. The first-order chi connectivity index (χ1) is 15.1. The molecule has 0 unspecified atom stereocenters. The Hall–Kier alpha value is -3.24. The SMILES string of the molecule is N#Cc1ccc2c(c1)nc(CN1C(=O)C3(CC3)c3ccc(F)cc31)n2C1CCOCC1. The number of benzene rings is 2. The predicted molar refractivity (Wildman–Crippen MR) is 112 cm³/mol. The highest BCUT2D eigenvalue weighted by molar-refractivity contribution is 6.10. The van der Waals surface area contributed by atoms with E-state index >= 15 is 0 Å². The second-order valence-electron chi connectivity index (χ2n) is 8.69. The molecule has 1 spiro atoms. The van der Waals surface area contributed by atoms with Gasteiger partial charge >= 0.3 is 0 Å². The van der Waals surface area contributed by atoms with E-state index in [-0.39, 0.29) is 24.3 Å². The standard InChI is InChI=1S/C24H21FN4O2/c25-16-2-3-18-21(12-16)28(23(30)24(18)7-8-24)14-22-27-19-11-15(13-26)1-4-20(19)29(22)17-5-9-31-10-6-17/h1-4,11-12,17H,5-10,14H2. The monoisotopic (exact) mass is 416 g/mol. The van der Waals surface area contributed by atoms with E-state index in [2.05, 4.69) is 10.6 Å². The number of aromatic nitrogens is 2. The van der Waals surface area contributed by atoms with Crippen molar-refractivity contribution in [3.05, 3.63) is 59.2 Å². The average Bonchev–Trinajstić information content (AvgIpc) is 3.47. The molecule has 3 aliphatic rings. The minimum Gasteiger partial charge on any atom is -0.381 e. The van der Waals surface area contributed by atoms with Crippen molar-refractivity contribution in [2.45, 2.75) is 43.7 Å². The zero-order valence-electron chi connectivity index (χ0n) is 17.0. The van der Waals surface area contributed by atoms with E-state index in [1.54, 1.807) is 23.1 Å². The first-order valence-electron chi connectivity index (χ1n) is 10.7. The summed E-state index contributed by atoms with van der Waals surface area (Å²) in [4.78, 5) is 19.9. The number of carbonyl (C=O) groups excluding carboxylic acids is 1. The molecule has 7 heteroatoms. The van der Waals surface area contributed by atoms with Crippen LogP contribution < -0.4 is 4.90 Å². The smallest absolute Gasteiger partial charge is 0.238 e. The molecule has 0 radical (unpaired) electrons. The second-order valence-corrected chi connectivity index (χ2v) is 8.69. The van der Waals surface area contributed by atoms with E-state index in [4.69, 9.17) is 9.72 Å². The van der Waals surface area contributed by atoms with Gasteiger partial charge in [0.15, 0.2) is 0 Å². The highest BCUT2D eigenvalue weighted by Gasteiger charge is 2.59. The zero-order valence-corrected chi connectivity index (χ0v) is 17.0. The summed E-state index contributed by atoms with van der Waals surface area (Å²) in [6, 6.07) is 12.6. The number of amides is 1. The van der Waals surface area contributed by atoms with Crippen molar-refractivity contribution in [2.24, 2.45) is 0 Å². The third-order valence-electron chi connectivity index (χ3n) is 6.92. The van der Waals surface area contributed by atoms with E-state index in [0.717, 1.165) is 48.1 Å². The lowest BCUT2D eigenvalue weighted by molar-refractivity contribution is -0.120. The molecule has 156 valence electrons. The van der Waals surface area contributed by atoms with Crippen LogP contribution in [0.15, 0.2) is 36.4 Å². The number of halogens is 1. The van der Waals surface area contributed by atoms with Crippen molar-refractivity contribution < 1.29 is 13.9 Å². The van der Waals surface area contributed by atoms with Crippen LogP contribution in [0.1, 0.15) is 48.7 Å². The van der Waals surface area contributed by atoms with Crippen LogP contribution in [-0.4, -0.2) is 28.7 Å². The summed E-state index contributed by atoms with van der Waals surface area (Å²) < 4.78 is 21.8. The van der Waals surface area contributed by atoms with Gasteiger partial charge in [-0.1, -0.05) is 6.07 Å². The lowest BCUT2D eigenvalue weighted by Gasteiger charge is -2.27. The van der Waals surface area contributed by atoms with Gasteiger partial charge in [-0.25, -0.2) is 9.37 Å². The lowest BCUT2D eigenvalue weighted by atomic mass is 9.98. The molecule has 6 rings (SSSR count). The molecule has 31 heavy (non-hydrogen) atoms. The first-order valence-corrected chi connectivity index (χ1v) is 10.7. The number of nitrogens with zero attached hydrogens (tertiary/aromatic N) is 4. The fourth-order valence-corrected chi connectivity index (χ4v) is 5.20. The maximum Gasteiger partial charge on any atom is 0.238 e. The Morgan fingerprint density at radius 3 is 2.74 bits per heavy atom. The molecule has 2 aliphatic heterocycles. The fraction of sp³-hybridized carbons (Fsp3) is 0.375. The molecule has 0 N–H and O–H groups in total. The highest BCUT2D eigenvalue weighted by Crippen LogP contribution is 2.57. The van der Waals surface area contributed by atoms with E-state index in [0.29, 0.717) is 24.5 Å². The molecule has 3 aromatic rings. The molecule has 3 heterocycles. The largest absolute Gasteiger partial charge is 0.381 e. The molecule has 0 bridgehead atoms. The molecule has 2 fully saturated rings. The quantitative estimate of drug-likeness (QED) is 0.648. The van der Waals surface area contributed by atoms with Gasteiger partial charge < -0.3 is 14.2 Å². The van der Waals surface area contributed by atoms with E-state index in [1.807, 2.05) is 6.07 Å². The number of carbonyl (C=O) groups is 1. The topological polar surface area (TPSA) is 71.2 Å². The van der Waals surface area contributed by atoms with E-state index < -0.39 is 5.41 Å². The maximum absolute atomic E-state index is 14.1. The lowest BCUT2D eigenvalue weighted by Crippen LogP contribution is -2.33. The first kappa shape index (κ1) is 18.5. The molecule has 1 aromatic heterocycles. The molecule has 0 atom stereocenters. The summed E-state index contributed by atoms with van der Waals surface area (Å²) in [6.07, 6.45) is 3.34. The molecular weight excluding hydrogens is 395 g/mol. The van der Waals surface area contributed by atoms with Gasteiger partial charge in [-0.3, -0.25) is 4.79 Å². The summed E-state index contributed by atoms with van der Waals surface area (Å²) in [5, 5.41) is 9.30. The van der Waals surface area contributed by atoms with Crippen LogP contribution in [0, 0.1) is 17.1 Å². The van der Waals surface area contributed by atoms with Crippen LogP contribution in [-0.2, 0) is 21.5 Å². The summed E-state index contributed by atoms with van der Waals surface area (Å²) in [5.74, 6) is 0.459. The number of rotatable bonds is 3. The van der Waals surface area contributed by atoms with Crippen molar-refractivity contribution in [3.8, 4) is 6.07 Å². The maximum atomic E-state index is 14.1. The van der Waals surface area contributed by atoms with Crippen molar-refractivity contribution in [1.82, 2.24) is 9.55 Å². The van der Waals surface area contributed by atoms with Crippen LogP contribution in [0.3, 0.4) is 0 Å². The summed E-state index contributed by atoms with van der Waals surface area (Å²) in [6.45, 7) is 1.64. The van der Waals surface area contributed by atoms with Crippen LogP contribution in [0.25, 0.3) is 11.0 Å². The zero-order chi connectivity index (χ0) is 21.2. The minimum atomic E-state index is -0.480. The Balaban J connectivity index is 1.47. The third-order valence-corrected chi connectivity index (χ3v) is 6.92. The van der Waals surface area contributed by atoms with Crippen LogP contribution in [0.2, 0.25) is 0 Å². The van der Waals surface area contributed by atoms with E-state index in [9.17, 15) is 14.4 Å². The molecule has 1 saturated carbocycles. The fourth-order valence-electron chi connectivity index (χ4n) is 5.20. The number of hydrogen-bond acceptors (Lipinski definition) is 4. The van der Waals surface area contributed by atoms with Crippen molar-refractivity contribution in [2.75, 3.05) is 18.1 Å². The van der Waals surface area contributed by atoms with Crippen molar-refractivity contribution in [3.63, 3.8) is 0 Å².